The van der Waals surface area contributed by atoms with Gasteiger partial charge in [-0.1, -0.05) is 72.2 Å². The van der Waals surface area contributed by atoms with Crippen LogP contribution in [0.4, 0.5) is 0 Å². The van der Waals surface area contributed by atoms with Crippen LogP contribution in [0.2, 0.25) is 0 Å². The standard InChI is InChI=1S/C61H64N4O4/c66-53-9-1-5-49-45(29-33-62-57(49)53)37-13-21-41(22-14-37)61(42-23-15-38(16-24-42)46-30-34-63-58-50(46)6-2-10-54(58)67,43-25-17-39(18-26-43)47-31-35-64-59-51(47)7-3-11-55(59)68)44-27-19-40(20-28-44)48-32-36-65-60-52(48)8-4-12-56(60)69/h1-12,29-44,66-69H,13-28H2/p-2. The summed E-state index contributed by atoms with van der Waals surface area (Å²) in [4.78, 5) is 18.3. The molecule has 4 saturated carbocycles. The zero-order chi connectivity index (χ0) is 46.6. The molecule has 8 heteroatoms. The first-order valence-corrected chi connectivity index (χ1v) is 26.1. The molecule has 4 aliphatic rings. The molecule has 4 fully saturated rings. The van der Waals surface area contributed by atoms with Crippen LogP contribution in [0, 0.1) is 29.1 Å². The Hall–Kier alpha value is -6.28. The molecule has 0 atom stereocenters. The normalized spacial score (nSPS) is 26.6. The highest BCUT2D eigenvalue weighted by atomic mass is 16.3. The summed E-state index contributed by atoms with van der Waals surface area (Å²) in [6, 6.07) is 31.8. The fourth-order valence-corrected chi connectivity index (χ4v) is 15.7. The van der Waals surface area contributed by atoms with Gasteiger partial charge >= 0.3 is 0 Å². The number of hydrogen-bond donors (Lipinski definition) is 2. The summed E-state index contributed by atoms with van der Waals surface area (Å²) in [5, 5.41) is 51.9. The highest BCUT2D eigenvalue weighted by Gasteiger charge is 2.56. The average Bonchev–Trinajstić information content (AvgIpc) is 3.40. The lowest BCUT2D eigenvalue weighted by Crippen LogP contribution is -2.53. The number of phenolic OH excluding ortho intramolecular Hbond substituents is 2. The molecular weight excluding hydrogens is 853 g/mol. The third-order valence-electron chi connectivity index (χ3n) is 18.6. The molecule has 4 aromatic heterocycles. The molecule has 352 valence electrons. The monoisotopic (exact) mass is 914 g/mol. The lowest BCUT2D eigenvalue weighted by atomic mass is 9.44. The molecule has 0 spiro atoms. The molecule has 2 N–H and O–H groups in total. The fourth-order valence-electron chi connectivity index (χ4n) is 15.7. The molecule has 69 heavy (non-hydrogen) atoms. The maximum atomic E-state index is 13.0. The second-order valence-corrected chi connectivity index (χ2v) is 21.4. The molecule has 8 aromatic rings. The van der Waals surface area contributed by atoms with Crippen molar-refractivity contribution in [3.8, 4) is 23.0 Å². The molecule has 0 aliphatic heterocycles. The number of para-hydroxylation sites is 4. The molecule has 0 unspecified atom stereocenters. The summed E-state index contributed by atoms with van der Waals surface area (Å²) in [7, 11) is 0. The minimum Gasteiger partial charge on any atom is -0.871 e. The van der Waals surface area contributed by atoms with E-state index in [9.17, 15) is 20.4 Å². The molecule has 12 rings (SSSR count). The van der Waals surface area contributed by atoms with Gasteiger partial charge in [-0.25, -0.2) is 0 Å². The van der Waals surface area contributed by atoms with E-state index in [-0.39, 0.29) is 28.4 Å². The van der Waals surface area contributed by atoms with E-state index >= 15 is 0 Å². The Morgan fingerprint density at radius 2 is 0.594 bits per heavy atom. The van der Waals surface area contributed by atoms with Crippen LogP contribution in [-0.2, 0) is 0 Å². The lowest BCUT2D eigenvalue weighted by molar-refractivity contribution is -0.266. The van der Waals surface area contributed by atoms with E-state index in [0.29, 0.717) is 69.4 Å². The summed E-state index contributed by atoms with van der Waals surface area (Å²) in [6.07, 6.45) is 26.1. The number of nitrogens with zero attached hydrogens (tertiary/aromatic N) is 4. The minimum absolute atomic E-state index is 0.00483. The molecule has 4 aromatic carbocycles. The van der Waals surface area contributed by atoms with Crippen molar-refractivity contribution < 1.29 is 20.4 Å². The van der Waals surface area contributed by atoms with E-state index in [1.165, 1.54) is 73.6 Å². The number of phenols is 2. The topological polar surface area (TPSA) is 138 Å². The first-order chi connectivity index (χ1) is 33.9. The Bertz CT molecular complexity index is 2730. The van der Waals surface area contributed by atoms with Crippen LogP contribution in [0.1, 0.15) is 149 Å². The van der Waals surface area contributed by atoms with Crippen LogP contribution < -0.4 is 10.2 Å². The maximum Gasteiger partial charge on any atom is 0.141 e. The third kappa shape index (κ3) is 7.64. The predicted molar refractivity (Wildman–Crippen MR) is 270 cm³/mol. The van der Waals surface area contributed by atoms with E-state index in [0.717, 1.165) is 72.9 Å². The van der Waals surface area contributed by atoms with Gasteiger partial charge in [0.25, 0.3) is 0 Å². The quantitative estimate of drug-likeness (QED) is 0.154. The zero-order valence-electron chi connectivity index (χ0n) is 39.5. The van der Waals surface area contributed by atoms with Crippen molar-refractivity contribution in [1.29, 1.82) is 0 Å². The summed E-state index contributed by atoms with van der Waals surface area (Å²) < 4.78 is 0. The lowest BCUT2D eigenvalue weighted by Gasteiger charge is -2.61. The van der Waals surface area contributed by atoms with Crippen molar-refractivity contribution in [2.24, 2.45) is 29.1 Å². The molecule has 8 nitrogen and oxygen atoms in total. The van der Waals surface area contributed by atoms with E-state index < -0.39 is 0 Å². The Morgan fingerprint density at radius 1 is 0.333 bits per heavy atom. The minimum atomic E-state index is 0.00483. The summed E-state index contributed by atoms with van der Waals surface area (Å²) >= 11 is 0. The van der Waals surface area contributed by atoms with Crippen molar-refractivity contribution in [3.05, 3.63) is 144 Å². The number of benzene rings is 4. The van der Waals surface area contributed by atoms with E-state index in [1.807, 2.05) is 49.1 Å². The van der Waals surface area contributed by atoms with E-state index in [1.54, 1.807) is 24.3 Å². The van der Waals surface area contributed by atoms with Gasteiger partial charge in [0.05, 0.1) is 11.0 Å². The average molecular weight is 915 g/mol. The fraction of sp³-hybridized carbons (Fsp3) is 0.410. The highest BCUT2D eigenvalue weighted by Crippen LogP contribution is 2.66. The van der Waals surface area contributed by atoms with E-state index in [4.69, 9.17) is 0 Å². The highest BCUT2D eigenvalue weighted by molar-refractivity contribution is 5.89. The molecule has 4 heterocycles. The maximum absolute atomic E-state index is 13.0. The number of aromatic nitrogens is 4. The Morgan fingerprint density at radius 3 is 0.899 bits per heavy atom. The number of fused-ring (bicyclic) bond motifs is 4. The van der Waals surface area contributed by atoms with Gasteiger partial charge in [0.1, 0.15) is 22.5 Å². The van der Waals surface area contributed by atoms with Gasteiger partial charge in [-0.3, -0.25) is 19.9 Å². The van der Waals surface area contributed by atoms with Crippen LogP contribution >= 0.6 is 0 Å². The first kappa shape index (κ1) is 44.0. The van der Waals surface area contributed by atoms with Gasteiger partial charge in [0.2, 0.25) is 0 Å². The third-order valence-corrected chi connectivity index (χ3v) is 18.6. The molecule has 0 amide bonds. The number of aromatic hydroxyl groups is 2. The van der Waals surface area contributed by atoms with Crippen LogP contribution in [0.3, 0.4) is 0 Å². The molecular formula is C61H62N4O4-2. The van der Waals surface area contributed by atoms with Crippen molar-refractivity contribution in [3.63, 3.8) is 0 Å². The largest absolute Gasteiger partial charge is 0.871 e. The Balaban J connectivity index is 0.914. The number of hydrogen-bond acceptors (Lipinski definition) is 8. The second kappa shape index (κ2) is 18.2. The zero-order valence-corrected chi connectivity index (χ0v) is 39.5. The van der Waals surface area contributed by atoms with Gasteiger partial charge in [-0.15, -0.1) is 0 Å². The number of pyridine rings is 4. The first-order valence-electron chi connectivity index (χ1n) is 26.1. The number of rotatable bonds is 8. The van der Waals surface area contributed by atoms with Crippen molar-refractivity contribution in [2.45, 2.75) is 126 Å². The smallest absolute Gasteiger partial charge is 0.141 e. The van der Waals surface area contributed by atoms with Gasteiger partial charge in [0, 0.05) is 46.3 Å². The van der Waals surface area contributed by atoms with Gasteiger partial charge in [-0.2, -0.15) is 0 Å². The van der Waals surface area contributed by atoms with E-state index in [2.05, 4.69) is 68.5 Å². The predicted octanol–water partition coefficient (Wildman–Crippen LogP) is 13.6. The Kier molecular flexibility index (Phi) is 11.6. The molecule has 4 aliphatic carbocycles. The second-order valence-electron chi connectivity index (χ2n) is 21.4. The summed E-state index contributed by atoms with van der Waals surface area (Å²) in [5.41, 5.74) is 8.00. The van der Waals surface area contributed by atoms with Crippen molar-refractivity contribution in [1.82, 2.24) is 19.9 Å². The SMILES string of the molecule is [O-]c1cccc2c(C3CCC(C(C4CCC(c5ccnc6c([O-])cccc56)CC4)(C4CCC(c5ccnc6c(O)cccc56)CC4)C4CCC(c5ccnc6c(O)cccc56)CC4)CC3)ccnc12. The summed E-state index contributed by atoms with van der Waals surface area (Å²) in [6.45, 7) is 0. The molecule has 0 bridgehead atoms. The van der Waals surface area contributed by atoms with Crippen LogP contribution in [-0.4, -0.2) is 30.1 Å². The van der Waals surface area contributed by atoms with Crippen LogP contribution in [0.15, 0.2) is 122 Å². The van der Waals surface area contributed by atoms with Crippen molar-refractivity contribution in [2.75, 3.05) is 0 Å². The molecule has 0 saturated heterocycles. The molecule has 0 radical (unpaired) electrons. The van der Waals surface area contributed by atoms with Crippen LogP contribution in [0.5, 0.6) is 23.0 Å². The van der Waals surface area contributed by atoms with Gasteiger partial charge in [-0.05, 0) is 214 Å². The van der Waals surface area contributed by atoms with Gasteiger partial charge < -0.3 is 20.4 Å². The van der Waals surface area contributed by atoms with Gasteiger partial charge in [0.15, 0.2) is 0 Å². The van der Waals surface area contributed by atoms with Crippen molar-refractivity contribution >= 4 is 43.6 Å². The van der Waals surface area contributed by atoms with Crippen LogP contribution in [0.25, 0.3) is 43.6 Å². The Labute approximate surface area is 404 Å². The summed E-state index contributed by atoms with van der Waals surface area (Å²) in [5.74, 6) is 4.50.